The maximum atomic E-state index is 13.1. The molecule has 1 N–H and O–H groups in total. The quantitative estimate of drug-likeness (QED) is 0.947. The number of para-hydroxylation sites is 1. The van der Waals surface area contributed by atoms with Crippen molar-refractivity contribution in [3.63, 3.8) is 0 Å². The first-order chi connectivity index (χ1) is 11.1. The molecule has 120 valence electrons. The monoisotopic (exact) mass is 315 g/mol. The molecule has 1 heterocycles. The minimum atomic E-state index is -0.594. The van der Waals surface area contributed by atoms with E-state index in [1.165, 1.54) is 19.2 Å². The van der Waals surface area contributed by atoms with Crippen molar-refractivity contribution in [2.75, 3.05) is 13.7 Å². The number of hydrogen-bond acceptors (Lipinski definition) is 3. The zero-order valence-electron chi connectivity index (χ0n) is 12.8. The number of benzene rings is 2. The Hall–Kier alpha value is -2.40. The fourth-order valence-electron chi connectivity index (χ4n) is 3.02. The summed E-state index contributed by atoms with van der Waals surface area (Å²) < 4.78 is 18.4. The van der Waals surface area contributed by atoms with Gasteiger partial charge in [0.2, 0.25) is 0 Å². The molecule has 1 aliphatic rings. The normalized spacial score (nSPS) is 20.6. The molecule has 1 fully saturated rings. The Labute approximate surface area is 134 Å². The van der Waals surface area contributed by atoms with Crippen LogP contribution in [0.1, 0.15) is 28.4 Å². The molecule has 1 amide bonds. The average Bonchev–Trinajstić information content (AvgIpc) is 2.96. The van der Waals surface area contributed by atoms with Gasteiger partial charge in [0.25, 0.3) is 5.91 Å². The predicted octanol–water partition coefficient (Wildman–Crippen LogP) is 2.78. The number of methoxy groups -OCH3 is 1. The third kappa shape index (κ3) is 3.05. The van der Waals surface area contributed by atoms with Gasteiger partial charge in [-0.1, -0.05) is 24.3 Å². The lowest BCUT2D eigenvalue weighted by molar-refractivity contribution is 0.0712. The lowest BCUT2D eigenvalue weighted by atomic mass is 10.0. The van der Waals surface area contributed by atoms with E-state index in [1.807, 2.05) is 0 Å². The number of amides is 1. The zero-order valence-corrected chi connectivity index (χ0v) is 12.8. The fourth-order valence-corrected chi connectivity index (χ4v) is 3.02. The Morgan fingerprint density at radius 1 is 1.22 bits per heavy atom. The number of halogens is 1. The number of nitrogens with zero attached hydrogens (tertiary/aromatic N) is 1. The average molecular weight is 315 g/mol. The van der Waals surface area contributed by atoms with Gasteiger partial charge in [-0.3, -0.25) is 4.79 Å². The molecular weight excluding hydrogens is 297 g/mol. The number of carbonyl (C=O) groups excluding carboxylic acids is 1. The summed E-state index contributed by atoms with van der Waals surface area (Å²) in [5, 5.41) is 10.0. The number of rotatable bonds is 3. The molecule has 23 heavy (non-hydrogen) atoms. The summed E-state index contributed by atoms with van der Waals surface area (Å²) >= 11 is 0. The fraction of sp³-hybridized carbons (Fsp3) is 0.278. The minimum Gasteiger partial charge on any atom is -0.496 e. The topological polar surface area (TPSA) is 49.8 Å². The zero-order chi connectivity index (χ0) is 16.4. The summed E-state index contributed by atoms with van der Waals surface area (Å²) in [5.41, 5.74) is 1.27. The molecule has 0 aromatic heterocycles. The van der Waals surface area contributed by atoms with Crippen LogP contribution in [0, 0.1) is 5.82 Å². The van der Waals surface area contributed by atoms with E-state index in [0.717, 1.165) is 5.56 Å². The number of likely N-dealkylation sites (tertiary alicyclic amines) is 1. The Morgan fingerprint density at radius 3 is 2.61 bits per heavy atom. The molecule has 0 spiro atoms. The van der Waals surface area contributed by atoms with Crippen LogP contribution in [-0.2, 0) is 0 Å². The van der Waals surface area contributed by atoms with Crippen molar-refractivity contribution < 1.29 is 19.0 Å². The molecule has 5 heteroatoms. The van der Waals surface area contributed by atoms with Crippen LogP contribution in [0.4, 0.5) is 4.39 Å². The van der Waals surface area contributed by atoms with Crippen LogP contribution in [0.25, 0.3) is 0 Å². The highest BCUT2D eigenvalue weighted by Gasteiger charge is 2.36. The predicted molar refractivity (Wildman–Crippen MR) is 83.8 cm³/mol. The van der Waals surface area contributed by atoms with Gasteiger partial charge in [-0.15, -0.1) is 0 Å². The Balaban J connectivity index is 1.93. The highest BCUT2D eigenvalue weighted by Crippen LogP contribution is 2.34. The molecule has 3 rings (SSSR count). The van der Waals surface area contributed by atoms with E-state index in [0.29, 0.717) is 17.7 Å². The van der Waals surface area contributed by atoms with E-state index in [2.05, 4.69) is 0 Å². The van der Waals surface area contributed by atoms with Crippen LogP contribution in [0.2, 0.25) is 0 Å². The summed E-state index contributed by atoms with van der Waals surface area (Å²) in [6.07, 6.45) is -0.157. The first-order valence-corrected chi connectivity index (χ1v) is 7.47. The summed E-state index contributed by atoms with van der Waals surface area (Å²) in [7, 11) is 1.52. The molecular formula is C18H18FNO3. The number of aliphatic hydroxyl groups excluding tert-OH is 1. The third-order valence-corrected chi connectivity index (χ3v) is 4.13. The molecule has 2 aromatic carbocycles. The molecule has 0 bridgehead atoms. The van der Waals surface area contributed by atoms with Gasteiger partial charge >= 0.3 is 0 Å². The van der Waals surface area contributed by atoms with Crippen molar-refractivity contribution >= 4 is 5.91 Å². The van der Waals surface area contributed by atoms with Gasteiger partial charge in [0.15, 0.2) is 0 Å². The molecule has 2 aromatic rings. The van der Waals surface area contributed by atoms with Crippen molar-refractivity contribution in [2.24, 2.45) is 0 Å². The molecule has 0 saturated carbocycles. The van der Waals surface area contributed by atoms with Gasteiger partial charge in [-0.25, -0.2) is 4.39 Å². The second-order valence-corrected chi connectivity index (χ2v) is 5.61. The molecule has 1 saturated heterocycles. The molecule has 0 aliphatic carbocycles. The molecule has 4 nitrogen and oxygen atoms in total. The van der Waals surface area contributed by atoms with E-state index in [-0.39, 0.29) is 24.3 Å². The molecule has 0 radical (unpaired) electrons. The van der Waals surface area contributed by atoms with Crippen LogP contribution < -0.4 is 4.74 Å². The largest absolute Gasteiger partial charge is 0.496 e. The van der Waals surface area contributed by atoms with Gasteiger partial charge in [0.05, 0.1) is 24.8 Å². The summed E-state index contributed by atoms with van der Waals surface area (Å²) in [6, 6.07) is 12.8. The SMILES string of the molecule is COc1ccccc1C(=O)N1C[C@H](O)C[C@H]1c1ccc(F)cc1. The molecule has 0 unspecified atom stereocenters. The van der Waals surface area contributed by atoms with Crippen molar-refractivity contribution in [1.29, 1.82) is 0 Å². The van der Waals surface area contributed by atoms with Crippen LogP contribution in [-0.4, -0.2) is 35.7 Å². The van der Waals surface area contributed by atoms with Gasteiger partial charge < -0.3 is 14.7 Å². The lowest BCUT2D eigenvalue weighted by Gasteiger charge is -2.25. The maximum Gasteiger partial charge on any atom is 0.258 e. The van der Waals surface area contributed by atoms with Gasteiger partial charge in [0.1, 0.15) is 11.6 Å². The van der Waals surface area contributed by atoms with Crippen LogP contribution in [0.3, 0.4) is 0 Å². The van der Waals surface area contributed by atoms with Gasteiger partial charge in [-0.05, 0) is 36.2 Å². The van der Waals surface area contributed by atoms with Crippen molar-refractivity contribution in [3.05, 3.63) is 65.5 Å². The van der Waals surface area contributed by atoms with E-state index in [4.69, 9.17) is 4.74 Å². The third-order valence-electron chi connectivity index (χ3n) is 4.13. The summed E-state index contributed by atoms with van der Waals surface area (Å²) in [4.78, 5) is 14.5. The minimum absolute atomic E-state index is 0.201. The maximum absolute atomic E-state index is 13.1. The van der Waals surface area contributed by atoms with E-state index in [1.54, 1.807) is 41.3 Å². The standard InChI is InChI=1S/C18H18FNO3/c1-23-17-5-3-2-4-15(17)18(22)20-11-14(21)10-16(20)12-6-8-13(19)9-7-12/h2-9,14,16,21H,10-11H2,1H3/t14-,16+/m1/s1. The summed E-state index contributed by atoms with van der Waals surface area (Å²) in [5.74, 6) is -0.0278. The molecule has 2 atom stereocenters. The molecule has 1 aliphatic heterocycles. The van der Waals surface area contributed by atoms with Crippen LogP contribution in [0.15, 0.2) is 48.5 Å². The number of aliphatic hydroxyl groups is 1. The summed E-state index contributed by atoms with van der Waals surface area (Å²) in [6.45, 7) is 0.249. The first kappa shape index (κ1) is 15.5. The Bertz CT molecular complexity index is 702. The number of ether oxygens (including phenoxy) is 1. The van der Waals surface area contributed by atoms with Gasteiger partial charge in [0, 0.05) is 6.54 Å². The van der Waals surface area contributed by atoms with Crippen LogP contribution in [0.5, 0.6) is 5.75 Å². The highest BCUT2D eigenvalue weighted by molar-refractivity contribution is 5.97. The van der Waals surface area contributed by atoms with Gasteiger partial charge in [-0.2, -0.15) is 0 Å². The van der Waals surface area contributed by atoms with Crippen molar-refractivity contribution in [3.8, 4) is 5.75 Å². The van der Waals surface area contributed by atoms with E-state index >= 15 is 0 Å². The Kier molecular flexibility index (Phi) is 4.30. The van der Waals surface area contributed by atoms with E-state index < -0.39 is 6.10 Å². The number of carbonyl (C=O) groups is 1. The van der Waals surface area contributed by atoms with E-state index in [9.17, 15) is 14.3 Å². The lowest BCUT2D eigenvalue weighted by Crippen LogP contribution is -2.32. The Morgan fingerprint density at radius 2 is 1.91 bits per heavy atom. The van der Waals surface area contributed by atoms with Crippen molar-refractivity contribution in [1.82, 2.24) is 4.90 Å². The van der Waals surface area contributed by atoms with Crippen LogP contribution >= 0.6 is 0 Å². The second-order valence-electron chi connectivity index (χ2n) is 5.61. The van der Waals surface area contributed by atoms with Crippen molar-refractivity contribution in [2.45, 2.75) is 18.6 Å². The smallest absolute Gasteiger partial charge is 0.258 e. The number of β-amino-alcohol motifs (C(OH)–C–C–N with tert-alkyl or cyclic N) is 1. The number of hydrogen-bond donors (Lipinski definition) is 1. The first-order valence-electron chi connectivity index (χ1n) is 7.47. The second kappa shape index (κ2) is 6.38. The highest BCUT2D eigenvalue weighted by atomic mass is 19.1.